The molecule has 0 radical (unpaired) electrons. The minimum Gasteiger partial charge on any atom is -0.388 e. The van der Waals surface area contributed by atoms with Crippen LogP contribution in [0.15, 0.2) is 30.3 Å². The molecule has 2 aliphatic rings. The molecule has 3 N–H and O–H groups in total. The Balaban J connectivity index is 0.00000161. The van der Waals surface area contributed by atoms with E-state index in [1.165, 1.54) is 0 Å². The number of nitrogens with two attached hydrogens (primary N) is 1. The van der Waals surface area contributed by atoms with Gasteiger partial charge in [-0.25, -0.2) is 0 Å². The van der Waals surface area contributed by atoms with Crippen molar-refractivity contribution in [2.24, 2.45) is 5.73 Å². The van der Waals surface area contributed by atoms with Crippen LogP contribution >= 0.6 is 12.4 Å². The molecule has 3 rings (SSSR count). The summed E-state index contributed by atoms with van der Waals surface area (Å²) < 4.78 is 0. The molecule has 1 aromatic rings. The van der Waals surface area contributed by atoms with Crippen LogP contribution in [0, 0.1) is 0 Å². The van der Waals surface area contributed by atoms with Crippen LogP contribution in [0.5, 0.6) is 0 Å². The number of fused-ring (bicyclic) bond motifs is 1. The Morgan fingerprint density at radius 1 is 1.33 bits per heavy atom. The Labute approximate surface area is 131 Å². The van der Waals surface area contributed by atoms with E-state index >= 15 is 0 Å². The molecule has 0 unspecified atom stereocenters. The number of aliphatic hydroxyl groups is 1. The number of rotatable bonds is 2. The van der Waals surface area contributed by atoms with E-state index in [1.54, 1.807) is 13.8 Å². The highest BCUT2D eigenvalue weighted by molar-refractivity contribution is 5.86. The molecule has 1 aromatic carbocycles. The molecule has 0 bridgehead atoms. The third-order valence-electron chi connectivity index (χ3n) is 4.84. The lowest BCUT2D eigenvalue weighted by molar-refractivity contribution is -0.138. The van der Waals surface area contributed by atoms with Crippen molar-refractivity contribution >= 4 is 18.3 Å². The van der Waals surface area contributed by atoms with Crippen LogP contribution in [0.3, 0.4) is 0 Å². The van der Waals surface area contributed by atoms with E-state index in [-0.39, 0.29) is 29.9 Å². The van der Waals surface area contributed by atoms with E-state index in [1.807, 2.05) is 23.1 Å². The Morgan fingerprint density at radius 3 is 2.52 bits per heavy atom. The predicted octanol–water partition coefficient (Wildman–Crippen LogP) is 1.80. The number of benzene rings is 1. The molecule has 2 heterocycles. The number of carbonyl (C=O) groups is 1. The Kier molecular flexibility index (Phi) is 4.08. The number of nitrogens with zero attached hydrogens (tertiary/aromatic N) is 1. The molecule has 2 aliphatic heterocycles. The molecule has 4 nitrogen and oxygen atoms in total. The number of halogens is 1. The van der Waals surface area contributed by atoms with Gasteiger partial charge in [-0.3, -0.25) is 4.79 Å². The van der Waals surface area contributed by atoms with Gasteiger partial charge in [-0.05, 0) is 38.7 Å². The van der Waals surface area contributed by atoms with Crippen molar-refractivity contribution in [1.82, 2.24) is 4.90 Å². The topological polar surface area (TPSA) is 66.6 Å². The van der Waals surface area contributed by atoms with Crippen LogP contribution in [0.4, 0.5) is 0 Å². The van der Waals surface area contributed by atoms with E-state index in [2.05, 4.69) is 12.1 Å². The molecule has 3 atom stereocenters. The summed E-state index contributed by atoms with van der Waals surface area (Å²) in [7, 11) is 0. The van der Waals surface area contributed by atoms with Gasteiger partial charge in [-0.1, -0.05) is 30.3 Å². The average molecular weight is 311 g/mol. The molecule has 0 aliphatic carbocycles. The maximum absolute atomic E-state index is 12.5. The van der Waals surface area contributed by atoms with E-state index in [4.69, 9.17) is 5.73 Å². The van der Waals surface area contributed by atoms with E-state index in [9.17, 15) is 9.90 Å². The molecule has 5 heteroatoms. The molecule has 0 saturated carbocycles. The van der Waals surface area contributed by atoms with Crippen LogP contribution in [-0.2, 0) is 10.3 Å². The quantitative estimate of drug-likeness (QED) is 0.875. The lowest BCUT2D eigenvalue weighted by Gasteiger charge is -2.39. The van der Waals surface area contributed by atoms with Gasteiger partial charge < -0.3 is 15.7 Å². The largest absolute Gasteiger partial charge is 0.388 e. The van der Waals surface area contributed by atoms with Crippen molar-refractivity contribution in [3.8, 4) is 0 Å². The second-order valence-corrected chi connectivity index (χ2v) is 6.62. The number of amides is 1. The summed E-state index contributed by atoms with van der Waals surface area (Å²) in [4.78, 5) is 14.4. The van der Waals surface area contributed by atoms with Gasteiger partial charge in [0, 0.05) is 0 Å². The fraction of sp³-hybridized carbons (Fsp3) is 0.562. The Hall–Kier alpha value is -1.10. The summed E-state index contributed by atoms with van der Waals surface area (Å²) in [6, 6.07) is 9.46. The van der Waals surface area contributed by atoms with Crippen molar-refractivity contribution in [3.05, 3.63) is 35.9 Å². The molecule has 2 fully saturated rings. The minimum absolute atomic E-state index is 0. The highest BCUT2D eigenvalue weighted by Gasteiger charge is 2.59. The summed E-state index contributed by atoms with van der Waals surface area (Å²) in [5, 5.41) is 10.4. The second kappa shape index (κ2) is 5.27. The minimum atomic E-state index is -0.906. The Morgan fingerprint density at radius 2 is 1.95 bits per heavy atom. The average Bonchev–Trinajstić information content (AvgIpc) is 2.89. The SMILES string of the molecule is CC(C)(O)[C@H]1CC[C@]2(c3ccccc3)C[C@H](N)C(=O)N12.Cl. The van der Waals surface area contributed by atoms with Crippen molar-refractivity contribution < 1.29 is 9.90 Å². The van der Waals surface area contributed by atoms with Gasteiger partial charge in [-0.15, -0.1) is 12.4 Å². The van der Waals surface area contributed by atoms with Gasteiger partial charge in [0.25, 0.3) is 0 Å². The van der Waals surface area contributed by atoms with E-state index < -0.39 is 11.6 Å². The highest BCUT2D eigenvalue weighted by Crippen LogP contribution is 2.51. The molecule has 1 amide bonds. The standard InChI is InChI=1S/C16H22N2O2.ClH/c1-15(2,20)13-8-9-16(11-6-4-3-5-7-11)10-12(17)14(19)18(13)16;/h3-7,12-13,20H,8-10,17H2,1-2H3;1H/t12-,13+,16+;/m0./s1. The molecule has 21 heavy (non-hydrogen) atoms. The van der Waals surface area contributed by atoms with Crippen molar-refractivity contribution in [1.29, 1.82) is 0 Å². The van der Waals surface area contributed by atoms with Crippen molar-refractivity contribution in [3.63, 3.8) is 0 Å². The first-order chi connectivity index (χ1) is 9.36. The Bertz CT molecular complexity index is 529. The summed E-state index contributed by atoms with van der Waals surface area (Å²) >= 11 is 0. The zero-order chi connectivity index (χ0) is 14.5. The molecule has 2 saturated heterocycles. The summed E-state index contributed by atoms with van der Waals surface area (Å²) in [5.41, 5.74) is 5.92. The molecule has 0 aromatic heterocycles. The molecule has 0 spiro atoms. The maximum atomic E-state index is 12.5. The zero-order valence-corrected chi connectivity index (χ0v) is 13.3. The fourth-order valence-corrected chi connectivity index (χ4v) is 3.94. The number of hydrogen-bond acceptors (Lipinski definition) is 3. The summed E-state index contributed by atoms with van der Waals surface area (Å²) in [6.45, 7) is 3.55. The van der Waals surface area contributed by atoms with Gasteiger partial charge in [0.15, 0.2) is 0 Å². The molecular weight excluding hydrogens is 288 g/mol. The third kappa shape index (κ3) is 2.35. The van der Waals surface area contributed by atoms with Crippen LogP contribution in [0.25, 0.3) is 0 Å². The van der Waals surface area contributed by atoms with Crippen LogP contribution in [0.2, 0.25) is 0 Å². The monoisotopic (exact) mass is 310 g/mol. The summed E-state index contributed by atoms with van der Waals surface area (Å²) in [5.74, 6) is -0.0292. The lowest BCUT2D eigenvalue weighted by atomic mass is 9.85. The lowest BCUT2D eigenvalue weighted by Crippen LogP contribution is -2.52. The summed E-state index contributed by atoms with van der Waals surface area (Å²) in [6.07, 6.45) is 2.32. The van der Waals surface area contributed by atoms with E-state index in [0.717, 1.165) is 18.4 Å². The van der Waals surface area contributed by atoms with Crippen LogP contribution in [0.1, 0.15) is 38.7 Å². The van der Waals surface area contributed by atoms with Gasteiger partial charge in [0.1, 0.15) is 0 Å². The maximum Gasteiger partial charge on any atom is 0.240 e. The fourth-order valence-electron chi connectivity index (χ4n) is 3.94. The van der Waals surface area contributed by atoms with E-state index in [0.29, 0.717) is 6.42 Å². The molecule has 116 valence electrons. The van der Waals surface area contributed by atoms with Crippen molar-refractivity contribution in [2.45, 2.75) is 56.3 Å². The predicted molar refractivity (Wildman–Crippen MR) is 84.1 cm³/mol. The number of hydrogen-bond donors (Lipinski definition) is 2. The normalized spacial score (nSPS) is 32.0. The highest BCUT2D eigenvalue weighted by atomic mass is 35.5. The van der Waals surface area contributed by atoms with Crippen LogP contribution in [-0.4, -0.2) is 33.6 Å². The second-order valence-electron chi connectivity index (χ2n) is 6.62. The van der Waals surface area contributed by atoms with Gasteiger partial charge in [-0.2, -0.15) is 0 Å². The molecular formula is C16H23ClN2O2. The zero-order valence-electron chi connectivity index (χ0n) is 12.5. The van der Waals surface area contributed by atoms with Crippen molar-refractivity contribution in [2.75, 3.05) is 0 Å². The first kappa shape index (κ1) is 16.3. The first-order valence-corrected chi connectivity index (χ1v) is 7.23. The third-order valence-corrected chi connectivity index (χ3v) is 4.84. The van der Waals surface area contributed by atoms with Gasteiger partial charge in [0.05, 0.1) is 23.2 Å². The van der Waals surface area contributed by atoms with Gasteiger partial charge >= 0.3 is 0 Å². The van der Waals surface area contributed by atoms with Crippen LogP contribution < -0.4 is 5.73 Å². The van der Waals surface area contributed by atoms with Gasteiger partial charge in [0.2, 0.25) is 5.91 Å². The number of carbonyl (C=O) groups excluding carboxylic acids is 1. The smallest absolute Gasteiger partial charge is 0.240 e. The first-order valence-electron chi connectivity index (χ1n) is 7.23.